The monoisotopic (exact) mass is 196 g/mol. The van der Waals surface area contributed by atoms with Crippen LogP contribution in [-0.4, -0.2) is 16.9 Å². The highest BCUT2D eigenvalue weighted by molar-refractivity contribution is 5.94. The van der Waals surface area contributed by atoms with E-state index in [1.54, 1.807) is 0 Å². The van der Waals surface area contributed by atoms with Crippen LogP contribution in [0.2, 0.25) is 0 Å². The number of carboxylic acids is 1. The number of hydrogen-bond donors (Lipinski definition) is 1. The van der Waals surface area contributed by atoms with Gasteiger partial charge in [0, 0.05) is 5.56 Å². The summed E-state index contributed by atoms with van der Waals surface area (Å²) >= 11 is 0. The molecule has 14 heavy (non-hydrogen) atoms. The van der Waals surface area contributed by atoms with Crippen molar-refractivity contribution in [3.63, 3.8) is 0 Å². The fourth-order valence-corrected chi connectivity index (χ4v) is 1.07. The third kappa shape index (κ3) is 2.39. The lowest BCUT2D eigenvalue weighted by molar-refractivity contribution is -0.136. The van der Waals surface area contributed by atoms with Crippen molar-refractivity contribution in [1.29, 1.82) is 0 Å². The maximum Gasteiger partial charge on any atom is 0.307 e. The Kier molecular flexibility index (Phi) is 2.96. The van der Waals surface area contributed by atoms with E-state index in [9.17, 15) is 14.0 Å². The molecule has 74 valence electrons. The second-order valence-corrected chi connectivity index (χ2v) is 2.93. The van der Waals surface area contributed by atoms with Gasteiger partial charge in [-0.3, -0.25) is 9.59 Å². The second kappa shape index (κ2) is 4.00. The van der Waals surface area contributed by atoms with E-state index in [2.05, 4.69) is 0 Å². The van der Waals surface area contributed by atoms with Crippen molar-refractivity contribution < 1.29 is 19.1 Å². The fraction of sp³-hybridized carbons (Fsp3) is 0.200. The molecule has 1 aromatic carbocycles. The van der Waals surface area contributed by atoms with Crippen LogP contribution in [0.4, 0.5) is 4.39 Å². The van der Waals surface area contributed by atoms with E-state index in [1.165, 1.54) is 19.1 Å². The van der Waals surface area contributed by atoms with Gasteiger partial charge in [0.25, 0.3) is 0 Å². The number of hydrogen-bond acceptors (Lipinski definition) is 2. The first-order valence-electron chi connectivity index (χ1n) is 4.02. The molecule has 0 unspecified atom stereocenters. The standard InChI is InChI=1S/C10H9FO3/c1-6(12)7-2-3-8(5-10(13)14)9(11)4-7/h2-4H,5H2,1H3,(H,13,14). The minimum atomic E-state index is -1.10. The number of ketones is 1. The normalized spacial score (nSPS) is 9.86. The van der Waals surface area contributed by atoms with Crippen molar-refractivity contribution in [2.45, 2.75) is 13.3 Å². The molecule has 0 saturated carbocycles. The van der Waals surface area contributed by atoms with Crippen molar-refractivity contribution >= 4 is 11.8 Å². The molecule has 0 bridgehead atoms. The average Bonchev–Trinajstić information content (AvgIpc) is 2.07. The van der Waals surface area contributed by atoms with Crippen LogP contribution in [0.3, 0.4) is 0 Å². The molecule has 0 aromatic heterocycles. The summed E-state index contributed by atoms with van der Waals surface area (Å²) in [4.78, 5) is 21.2. The maximum absolute atomic E-state index is 13.2. The highest BCUT2D eigenvalue weighted by atomic mass is 19.1. The third-order valence-corrected chi connectivity index (χ3v) is 1.80. The van der Waals surface area contributed by atoms with Gasteiger partial charge in [-0.25, -0.2) is 4.39 Å². The van der Waals surface area contributed by atoms with Crippen LogP contribution in [0.15, 0.2) is 18.2 Å². The number of aliphatic carboxylic acids is 1. The molecule has 1 rings (SSSR count). The minimum absolute atomic E-state index is 0.0856. The summed E-state index contributed by atoms with van der Waals surface area (Å²) in [6.07, 6.45) is -0.371. The molecular weight excluding hydrogens is 187 g/mol. The zero-order valence-corrected chi connectivity index (χ0v) is 7.58. The molecule has 4 heteroatoms. The van der Waals surface area contributed by atoms with Crippen LogP contribution in [-0.2, 0) is 11.2 Å². The van der Waals surface area contributed by atoms with Gasteiger partial charge < -0.3 is 5.11 Å². The summed E-state index contributed by atoms with van der Waals surface area (Å²) in [6, 6.07) is 3.80. The van der Waals surface area contributed by atoms with Crippen molar-refractivity contribution in [2.75, 3.05) is 0 Å². The van der Waals surface area contributed by atoms with E-state index in [-0.39, 0.29) is 23.3 Å². The number of rotatable bonds is 3. The van der Waals surface area contributed by atoms with E-state index in [0.29, 0.717) is 0 Å². The largest absolute Gasteiger partial charge is 0.481 e. The molecular formula is C10H9FO3. The Bertz CT molecular complexity index is 385. The van der Waals surface area contributed by atoms with Gasteiger partial charge >= 0.3 is 5.97 Å². The van der Waals surface area contributed by atoms with Crippen LogP contribution < -0.4 is 0 Å². The molecule has 0 saturated heterocycles. The van der Waals surface area contributed by atoms with Gasteiger partial charge in [-0.2, -0.15) is 0 Å². The number of Topliss-reactive ketones (excluding diaryl/α,β-unsaturated/α-hetero) is 1. The Labute approximate surface area is 80.2 Å². The minimum Gasteiger partial charge on any atom is -0.481 e. The lowest BCUT2D eigenvalue weighted by Crippen LogP contribution is -2.03. The SMILES string of the molecule is CC(=O)c1ccc(CC(=O)O)c(F)c1. The van der Waals surface area contributed by atoms with E-state index < -0.39 is 11.8 Å². The Balaban J connectivity index is 3.01. The van der Waals surface area contributed by atoms with Crippen molar-refractivity contribution in [3.05, 3.63) is 35.1 Å². The quantitative estimate of drug-likeness (QED) is 0.748. The highest BCUT2D eigenvalue weighted by Crippen LogP contribution is 2.11. The molecule has 0 heterocycles. The summed E-state index contributed by atoms with van der Waals surface area (Å²) in [6.45, 7) is 1.33. The molecule has 1 N–H and O–H groups in total. The topological polar surface area (TPSA) is 54.4 Å². The summed E-state index contributed by atoms with van der Waals surface area (Å²) in [5.74, 6) is -2.00. The van der Waals surface area contributed by atoms with Gasteiger partial charge in [0.1, 0.15) is 5.82 Å². The fourth-order valence-electron chi connectivity index (χ4n) is 1.07. The summed E-state index contributed by atoms with van der Waals surface area (Å²) < 4.78 is 13.2. The Morgan fingerprint density at radius 1 is 1.43 bits per heavy atom. The summed E-state index contributed by atoms with van der Waals surface area (Å²) in [5, 5.41) is 8.44. The summed E-state index contributed by atoms with van der Waals surface area (Å²) in [5.41, 5.74) is 0.333. The van der Waals surface area contributed by atoms with E-state index in [4.69, 9.17) is 5.11 Å². The lowest BCUT2D eigenvalue weighted by atomic mass is 10.1. The molecule has 0 aliphatic carbocycles. The van der Waals surface area contributed by atoms with Crippen LogP contribution in [0.25, 0.3) is 0 Å². The maximum atomic E-state index is 13.2. The molecule has 0 fully saturated rings. The smallest absolute Gasteiger partial charge is 0.307 e. The molecule has 0 amide bonds. The zero-order chi connectivity index (χ0) is 10.7. The predicted octanol–water partition coefficient (Wildman–Crippen LogP) is 1.66. The van der Waals surface area contributed by atoms with E-state index in [1.807, 2.05) is 0 Å². The molecule has 0 atom stereocenters. The molecule has 0 aliphatic rings. The first kappa shape index (κ1) is 10.4. The van der Waals surface area contributed by atoms with Crippen LogP contribution in [0.5, 0.6) is 0 Å². The first-order chi connectivity index (χ1) is 6.50. The molecule has 1 aromatic rings. The van der Waals surface area contributed by atoms with Gasteiger partial charge in [-0.15, -0.1) is 0 Å². The first-order valence-corrected chi connectivity index (χ1v) is 4.02. The van der Waals surface area contributed by atoms with Crippen LogP contribution in [0, 0.1) is 5.82 Å². The third-order valence-electron chi connectivity index (χ3n) is 1.80. The van der Waals surface area contributed by atoms with Gasteiger partial charge in [0.15, 0.2) is 5.78 Å². The zero-order valence-electron chi connectivity index (χ0n) is 7.58. The van der Waals surface area contributed by atoms with E-state index >= 15 is 0 Å². The number of carbonyl (C=O) groups is 2. The number of carbonyl (C=O) groups excluding carboxylic acids is 1. The number of carboxylic acid groups (broad SMARTS) is 1. The molecule has 0 spiro atoms. The predicted molar refractivity (Wildman–Crippen MR) is 47.7 cm³/mol. The number of benzene rings is 1. The van der Waals surface area contributed by atoms with Crippen LogP contribution in [0.1, 0.15) is 22.8 Å². The van der Waals surface area contributed by atoms with E-state index in [0.717, 1.165) is 6.07 Å². The highest BCUT2D eigenvalue weighted by Gasteiger charge is 2.08. The van der Waals surface area contributed by atoms with Gasteiger partial charge in [-0.05, 0) is 18.6 Å². The van der Waals surface area contributed by atoms with Crippen molar-refractivity contribution in [2.24, 2.45) is 0 Å². The molecule has 3 nitrogen and oxygen atoms in total. The second-order valence-electron chi connectivity index (χ2n) is 2.93. The van der Waals surface area contributed by atoms with Crippen LogP contribution >= 0.6 is 0 Å². The Morgan fingerprint density at radius 3 is 2.50 bits per heavy atom. The molecule has 0 aliphatic heterocycles. The average molecular weight is 196 g/mol. The van der Waals surface area contributed by atoms with Gasteiger partial charge in [0.2, 0.25) is 0 Å². The van der Waals surface area contributed by atoms with Gasteiger partial charge in [-0.1, -0.05) is 12.1 Å². The Hall–Kier alpha value is -1.71. The lowest BCUT2D eigenvalue weighted by Gasteiger charge is -2.01. The van der Waals surface area contributed by atoms with Crippen molar-refractivity contribution in [1.82, 2.24) is 0 Å². The van der Waals surface area contributed by atoms with Gasteiger partial charge in [0.05, 0.1) is 6.42 Å². The number of halogens is 1. The summed E-state index contributed by atoms with van der Waals surface area (Å²) in [7, 11) is 0. The Morgan fingerprint density at radius 2 is 2.07 bits per heavy atom. The van der Waals surface area contributed by atoms with Crippen molar-refractivity contribution in [3.8, 4) is 0 Å². The molecule has 0 radical (unpaired) electrons.